The predicted octanol–water partition coefficient (Wildman–Crippen LogP) is 0.243. The van der Waals surface area contributed by atoms with Crippen LogP contribution in [0.5, 0.6) is 0 Å². The number of hydrogen-bond acceptors (Lipinski definition) is 7. The van der Waals surface area contributed by atoms with E-state index in [4.69, 9.17) is 4.74 Å². The summed E-state index contributed by atoms with van der Waals surface area (Å²) in [7, 11) is -8.39. The van der Waals surface area contributed by atoms with Crippen molar-refractivity contribution in [3.05, 3.63) is 45.4 Å². The highest BCUT2D eigenvalue weighted by Crippen LogP contribution is 2.25. The van der Waals surface area contributed by atoms with Crippen LogP contribution < -0.4 is 5.56 Å². The molecule has 13 heteroatoms. The smallest absolute Gasteiger partial charge is 0.311 e. The van der Waals surface area contributed by atoms with Crippen molar-refractivity contribution in [2.75, 3.05) is 7.11 Å². The molecule has 0 fully saturated rings. The third-order valence-electron chi connectivity index (χ3n) is 4.95. The van der Waals surface area contributed by atoms with Crippen LogP contribution in [-0.4, -0.2) is 48.4 Å². The Kier molecular flexibility index (Phi) is 5.91. The molecule has 11 nitrogen and oxygen atoms in total. The molecule has 0 aliphatic carbocycles. The van der Waals surface area contributed by atoms with Gasteiger partial charge in [0, 0.05) is 25.1 Å². The zero-order valence-corrected chi connectivity index (χ0v) is 17.6. The summed E-state index contributed by atoms with van der Waals surface area (Å²) in [5, 5.41) is 0. The molecule has 0 amide bonds. The number of carbonyl (C=O) groups excluding carboxylic acids is 1. The van der Waals surface area contributed by atoms with Gasteiger partial charge in [-0.1, -0.05) is 6.07 Å². The highest BCUT2D eigenvalue weighted by molar-refractivity contribution is 7.86. The van der Waals surface area contributed by atoms with Crippen LogP contribution in [-0.2, 0) is 55.7 Å². The van der Waals surface area contributed by atoms with Gasteiger partial charge in [0.25, 0.3) is 25.8 Å². The molecule has 0 unspecified atom stereocenters. The van der Waals surface area contributed by atoms with Gasteiger partial charge in [-0.2, -0.15) is 16.8 Å². The Morgan fingerprint density at radius 3 is 2.27 bits per heavy atom. The van der Waals surface area contributed by atoms with Crippen molar-refractivity contribution in [2.24, 2.45) is 0 Å². The van der Waals surface area contributed by atoms with Gasteiger partial charge in [-0.15, -0.1) is 0 Å². The number of carbonyl (C=O) groups is 1. The Morgan fingerprint density at radius 1 is 1.07 bits per heavy atom. The molecule has 1 aliphatic heterocycles. The number of rotatable bonds is 6. The van der Waals surface area contributed by atoms with E-state index in [0.29, 0.717) is 24.8 Å². The molecular weight excluding hydrogens is 440 g/mol. The third kappa shape index (κ3) is 4.33. The van der Waals surface area contributed by atoms with Crippen molar-refractivity contribution in [3.8, 4) is 0 Å². The van der Waals surface area contributed by atoms with Gasteiger partial charge in [0.05, 0.1) is 29.0 Å². The van der Waals surface area contributed by atoms with E-state index in [2.05, 4.69) is 0 Å². The highest BCUT2D eigenvalue weighted by Gasteiger charge is 2.27. The number of nitrogens with zero attached hydrogens (tertiary/aromatic N) is 2. The standard InChI is InChI=1S/C17H20N2O9S2/c1-28-16(20)10-14-13(17(21)19-7-3-2-6-18(14)19)8-11-4-5-12(29(22,23)24)9-15(11)30(25,26)27/h4-5,9H,2-3,6-8,10H2,1H3,(H,22,23,24)(H,25,26,27). The maximum absolute atomic E-state index is 12.9. The average Bonchev–Trinajstić information content (AvgIpc) is 2.92. The topological polar surface area (TPSA) is 162 Å². The Bertz CT molecular complexity index is 1270. The summed E-state index contributed by atoms with van der Waals surface area (Å²) in [6.07, 6.45) is 1.07. The molecule has 30 heavy (non-hydrogen) atoms. The highest BCUT2D eigenvalue weighted by atomic mass is 32.2. The predicted molar refractivity (Wildman–Crippen MR) is 103 cm³/mol. The lowest BCUT2D eigenvalue weighted by Gasteiger charge is -2.19. The first-order chi connectivity index (χ1) is 13.9. The second kappa shape index (κ2) is 7.98. The lowest BCUT2D eigenvalue weighted by Crippen LogP contribution is -2.28. The summed E-state index contributed by atoms with van der Waals surface area (Å²) in [6.45, 7) is 0.925. The first-order valence-corrected chi connectivity index (χ1v) is 11.8. The van der Waals surface area contributed by atoms with E-state index in [1.54, 1.807) is 4.68 Å². The summed E-state index contributed by atoms with van der Waals surface area (Å²) >= 11 is 0. The van der Waals surface area contributed by atoms with E-state index in [0.717, 1.165) is 25.0 Å². The van der Waals surface area contributed by atoms with Crippen molar-refractivity contribution in [2.45, 2.75) is 48.6 Å². The van der Waals surface area contributed by atoms with Gasteiger partial charge >= 0.3 is 5.97 Å². The number of benzene rings is 1. The SMILES string of the molecule is COC(=O)Cc1c(Cc2ccc(S(=O)(=O)O)cc2S(=O)(=O)O)c(=O)n2n1CCCC2. The Balaban J connectivity index is 2.18. The maximum atomic E-state index is 12.9. The second-order valence-corrected chi connectivity index (χ2v) is 9.64. The van der Waals surface area contributed by atoms with Gasteiger partial charge in [-0.3, -0.25) is 28.1 Å². The van der Waals surface area contributed by atoms with Gasteiger partial charge in [0.15, 0.2) is 0 Å². The molecule has 1 aliphatic rings. The lowest BCUT2D eigenvalue weighted by atomic mass is 10.0. The molecular formula is C17H20N2O9S2. The zero-order valence-electron chi connectivity index (χ0n) is 15.9. The van der Waals surface area contributed by atoms with Crippen LogP contribution in [0.2, 0.25) is 0 Å². The van der Waals surface area contributed by atoms with Crippen molar-refractivity contribution in [1.82, 2.24) is 9.36 Å². The number of methoxy groups -OCH3 is 1. The monoisotopic (exact) mass is 460 g/mol. The summed E-state index contributed by atoms with van der Waals surface area (Å²) in [6, 6.07) is 2.68. The molecule has 0 radical (unpaired) electrons. The molecule has 3 rings (SSSR count). The fourth-order valence-electron chi connectivity index (χ4n) is 3.55. The van der Waals surface area contributed by atoms with Crippen LogP contribution >= 0.6 is 0 Å². The summed E-state index contributed by atoms with van der Waals surface area (Å²) < 4.78 is 72.9. The van der Waals surface area contributed by atoms with Gasteiger partial charge in [0.1, 0.15) is 0 Å². The third-order valence-corrected chi connectivity index (χ3v) is 6.74. The minimum Gasteiger partial charge on any atom is -0.469 e. The summed E-state index contributed by atoms with van der Waals surface area (Å²) in [4.78, 5) is 23.3. The van der Waals surface area contributed by atoms with Crippen molar-refractivity contribution < 1.29 is 35.5 Å². The molecule has 1 aromatic heterocycles. The Morgan fingerprint density at radius 2 is 1.70 bits per heavy atom. The van der Waals surface area contributed by atoms with E-state index in [-0.39, 0.29) is 24.0 Å². The van der Waals surface area contributed by atoms with E-state index in [9.17, 15) is 35.5 Å². The van der Waals surface area contributed by atoms with Crippen molar-refractivity contribution in [1.29, 1.82) is 0 Å². The molecule has 2 N–H and O–H groups in total. The van der Waals surface area contributed by atoms with Gasteiger partial charge in [0.2, 0.25) is 0 Å². The fourth-order valence-corrected chi connectivity index (χ4v) is 4.88. The first kappa shape index (κ1) is 22.2. The Labute approximate surface area is 172 Å². The van der Waals surface area contributed by atoms with Crippen molar-refractivity contribution >= 4 is 26.2 Å². The molecule has 1 aromatic carbocycles. The van der Waals surface area contributed by atoms with Crippen molar-refractivity contribution in [3.63, 3.8) is 0 Å². The molecule has 0 saturated heterocycles. The molecule has 2 heterocycles. The van der Waals surface area contributed by atoms with Gasteiger partial charge < -0.3 is 4.74 Å². The van der Waals surface area contributed by atoms with Crippen LogP contribution in [0.15, 0.2) is 32.8 Å². The molecule has 0 bridgehead atoms. The van der Waals surface area contributed by atoms with Crippen LogP contribution in [0.1, 0.15) is 29.7 Å². The van der Waals surface area contributed by atoms with E-state index < -0.39 is 41.6 Å². The van der Waals surface area contributed by atoms with Crippen LogP contribution in [0.3, 0.4) is 0 Å². The van der Waals surface area contributed by atoms with Crippen LogP contribution in [0, 0.1) is 0 Å². The molecule has 0 spiro atoms. The number of esters is 1. The molecule has 2 aromatic rings. The lowest BCUT2D eigenvalue weighted by molar-refractivity contribution is -0.139. The zero-order chi connectivity index (χ0) is 22.3. The van der Waals surface area contributed by atoms with E-state index in [1.165, 1.54) is 11.8 Å². The number of aromatic nitrogens is 2. The van der Waals surface area contributed by atoms with Gasteiger partial charge in [-0.25, -0.2) is 0 Å². The fraction of sp³-hybridized carbons (Fsp3) is 0.412. The molecule has 164 valence electrons. The normalized spacial score (nSPS) is 14.4. The Hall–Kier alpha value is -2.48. The van der Waals surface area contributed by atoms with E-state index >= 15 is 0 Å². The van der Waals surface area contributed by atoms with Crippen LogP contribution in [0.4, 0.5) is 0 Å². The minimum absolute atomic E-state index is 0.0586. The number of ether oxygens (including phenoxy) is 1. The van der Waals surface area contributed by atoms with Crippen LogP contribution in [0.25, 0.3) is 0 Å². The maximum Gasteiger partial charge on any atom is 0.311 e. The largest absolute Gasteiger partial charge is 0.469 e. The number of fused-ring (bicyclic) bond motifs is 1. The first-order valence-electron chi connectivity index (χ1n) is 8.89. The molecule has 0 atom stereocenters. The second-order valence-electron chi connectivity index (χ2n) is 6.83. The van der Waals surface area contributed by atoms with Gasteiger partial charge in [-0.05, 0) is 30.5 Å². The average molecular weight is 460 g/mol. The molecule has 0 saturated carbocycles. The summed E-state index contributed by atoms with van der Waals surface area (Å²) in [5.41, 5.74) is 0.0453. The quantitative estimate of drug-likeness (QED) is 0.454. The number of hydrogen-bond donors (Lipinski definition) is 2. The summed E-state index contributed by atoms with van der Waals surface area (Å²) in [5.74, 6) is -0.584. The van der Waals surface area contributed by atoms with E-state index in [1.807, 2.05) is 0 Å². The minimum atomic E-state index is -4.87.